The minimum Gasteiger partial charge on any atom is -0.466 e. The highest BCUT2D eigenvalue weighted by Gasteiger charge is 2.73. The third-order valence-corrected chi connectivity index (χ3v) is 3.13. The fourth-order valence-electron chi connectivity index (χ4n) is 1.69. The van der Waals surface area contributed by atoms with Crippen LogP contribution in [-0.4, -0.2) is 23.7 Å². The van der Waals surface area contributed by atoms with Gasteiger partial charge in [0.2, 0.25) is 0 Å². The maximum absolute atomic E-state index is 11.3. The Hall–Kier alpha value is -0.280. The first-order valence-corrected chi connectivity index (χ1v) is 4.91. The molecule has 1 saturated heterocycles. The predicted octanol–water partition coefficient (Wildman–Crippen LogP) is 2.07. The number of ether oxygens (including phenoxy) is 2. The van der Waals surface area contributed by atoms with Crippen molar-refractivity contribution in [3.8, 4) is 0 Å². The molecule has 2 atom stereocenters. The van der Waals surface area contributed by atoms with Gasteiger partial charge in [0.25, 0.3) is 5.06 Å². The SMILES string of the molecule is CCCC1(CC)OC1(Cl)C(=O)OC. The smallest absolute Gasteiger partial charge is 0.357 e. The lowest BCUT2D eigenvalue weighted by Gasteiger charge is -2.10. The average molecular weight is 207 g/mol. The van der Waals surface area contributed by atoms with Crippen LogP contribution in [0.2, 0.25) is 0 Å². The summed E-state index contributed by atoms with van der Waals surface area (Å²) in [5.41, 5.74) is -0.490. The van der Waals surface area contributed by atoms with Gasteiger partial charge in [-0.15, -0.1) is 0 Å². The molecule has 0 radical (unpaired) electrons. The zero-order valence-corrected chi connectivity index (χ0v) is 8.98. The Kier molecular flexibility index (Phi) is 2.88. The van der Waals surface area contributed by atoms with E-state index in [4.69, 9.17) is 16.3 Å². The summed E-state index contributed by atoms with van der Waals surface area (Å²) in [4.78, 5) is 11.3. The molecule has 1 heterocycles. The number of hydrogen-bond acceptors (Lipinski definition) is 3. The Bertz CT molecular complexity index is 219. The Morgan fingerprint density at radius 1 is 1.54 bits per heavy atom. The van der Waals surface area contributed by atoms with Crippen LogP contribution in [0, 0.1) is 0 Å². The van der Waals surface area contributed by atoms with Crippen molar-refractivity contribution in [3.63, 3.8) is 0 Å². The summed E-state index contributed by atoms with van der Waals surface area (Å²) in [6.07, 6.45) is 2.47. The summed E-state index contributed by atoms with van der Waals surface area (Å²) in [6, 6.07) is 0. The van der Waals surface area contributed by atoms with E-state index >= 15 is 0 Å². The van der Waals surface area contributed by atoms with Crippen molar-refractivity contribution in [2.45, 2.75) is 43.8 Å². The Balaban J connectivity index is 2.71. The summed E-state index contributed by atoms with van der Waals surface area (Å²) >= 11 is 6.00. The van der Waals surface area contributed by atoms with E-state index in [2.05, 4.69) is 4.74 Å². The number of rotatable bonds is 4. The Morgan fingerprint density at radius 2 is 2.15 bits per heavy atom. The van der Waals surface area contributed by atoms with E-state index < -0.39 is 16.6 Å². The standard InChI is InChI=1S/C9H15ClO3/c1-4-6-8(5-2)9(10,13-8)7(11)12-3/h4-6H2,1-3H3. The fraction of sp³-hybridized carbons (Fsp3) is 0.889. The molecule has 1 rings (SSSR count). The lowest BCUT2D eigenvalue weighted by molar-refractivity contribution is -0.143. The molecular formula is C9H15ClO3. The van der Waals surface area contributed by atoms with Crippen LogP contribution in [-0.2, 0) is 14.3 Å². The van der Waals surface area contributed by atoms with Crippen LogP contribution in [0.4, 0.5) is 0 Å². The van der Waals surface area contributed by atoms with Gasteiger partial charge in [-0.3, -0.25) is 0 Å². The van der Waals surface area contributed by atoms with Gasteiger partial charge < -0.3 is 9.47 Å². The molecule has 0 amide bonds. The van der Waals surface area contributed by atoms with E-state index in [9.17, 15) is 4.79 Å². The van der Waals surface area contributed by atoms with E-state index in [0.29, 0.717) is 0 Å². The summed E-state index contributed by atoms with van der Waals surface area (Å²) in [5, 5.41) is -1.22. The highest BCUT2D eigenvalue weighted by Crippen LogP contribution is 2.57. The Morgan fingerprint density at radius 3 is 2.54 bits per heavy atom. The van der Waals surface area contributed by atoms with E-state index in [0.717, 1.165) is 19.3 Å². The minimum atomic E-state index is -1.22. The van der Waals surface area contributed by atoms with Crippen molar-refractivity contribution in [1.82, 2.24) is 0 Å². The van der Waals surface area contributed by atoms with Crippen LogP contribution in [0.1, 0.15) is 33.1 Å². The van der Waals surface area contributed by atoms with Crippen molar-refractivity contribution >= 4 is 17.6 Å². The van der Waals surface area contributed by atoms with E-state index in [-0.39, 0.29) is 0 Å². The number of alkyl halides is 1. The van der Waals surface area contributed by atoms with Gasteiger partial charge in [-0.1, -0.05) is 31.9 Å². The highest BCUT2D eigenvalue weighted by atomic mass is 35.5. The van der Waals surface area contributed by atoms with Crippen LogP contribution in [0.25, 0.3) is 0 Å². The number of carbonyl (C=O) groups is 1. The molecule has 0 aliphatic carbocycles. The van der Waals surface area contributed by atoms with Crippen LogP contribution >= 0.6 is 11.6 Å². The molecule has 4 heteroatoms. The molecular weight excluding hydrogens is 192 g/mol. The van der Waals surface area contributed by atoms with Crippen LogP contribution in [0.3, 0.4) is 0 Å². The molecule has 76 valence electrons. The first-order valence-electron chi connectivity index (χ1n) is 4.54. The molecule has 0 aromatic heterocycles. The predicted molar refractivity (Wildman–Crippen MR) is 49.6 cm³/mol. The molecule has 1 aliphatic heterocycles. The largest absolute Gasteiger partial charge is 0.466 e. The molecule has 1 aliphatic rings. The van der Waals surface area contributed by atoms with Crippen LogP contribution in [0.15, 0.2) is 0 Å². The topological polar surface area (TPSA) is 38.8 Å². The highest BCUT2D eigenvalue weighted by molar-refractivity contribution is 6.35. The molecule has 1 fully saturated rings. The third-order valence-electron chi connectivity index (χ3n) is 2.55. The summed E-state index contributed by atoms with van der Waals surface area (Å²) in [5.74, 6) is -0.482. The third kappa shape index (κ3) is 1.44. The van der Waals surface area contributed by atoms with Gasteiger partial charge in [-0.2, -0.15) is 0 Å². The summed E-state index contributed by atoms with van der Waals surface area (Å²) in [7, 11) is 1.32. The fourth-order valence-corrected chi connectivity index (χ4v) is 2.15. The first-order chi connectivity index (χ1) is 6.06. The lowest BCUT2D eigenvalue weighted by Crippen LogP contribution is -2.29. The number of methoxy groups -OCH3 is 1. The van der Waals surface area contributed by atoms with Crippen molar-refractivity contribution in [3.05, 3.63) is 0 Å². The number of carbonyl (C=O) groups excluding carboxylic acids is 1. The normalized spacial score (nSPS) is 37.2. The molecule has 0 aromatic carbocycles. The first kappa shape index (κ1) is 10.8. The minimum absolute atomic E-state index is 0.482. The number of esters is 1. The number of hydrogen-bond donors (Lipinski definition) is 0. The summed E-state index contributed by atoms with van der Waals surface area (Å²) in [6.45, 7) is 4.00. The number of halogens is 1. The van der Waals surface area contributed by atoms with Gasteiger partial charge in [0, 0.05) is 0 Å². The number of epoxide rings is 1. The molecule has 0 N–H and O–H groups in total. The molecule has 0 aromatic rings. The maximum atomic E-state index is 11.3. The second-order valence-electron chi connectivity index (χ2n) is 3.29. The van der Waals surface area contributed by atoms with Crippen LogP contribution in [0.5, 0.6) is 0 Å². The van der Waals surface area contributed by atoms with Gasteiger partial charge in [0.05, 0.1) is 7.11 Å². The van der Waals surface area contributed by atoms with Gasteiger partial charge in [0.1, 0.15) is 5.60 Å². The zero-order valence-electron chi connectivity index (χ0n) is 8.22. The second kappa shape index (κ2) is 3.46. The van der Waals surface area contributed by atoms with Gasteiger partial charge >= 0.3 is 5.97 Å². The monoisotopic (exact) mass is 206 g/mol. The quantitative estimate of drug-likeness (QED) is 0.402. The van der Waals surface area contributed by atoms with Crippen molar-refractivity contribution in [2.75, 3.05) is 7.11 Å². The van der Waals surface area contributed by atoms with E-state index in [1.807, 2.05) is 13.8 Å². The average Bonchev–Trinajstić information content (AvgIpc) is 2.73. The van der Waals surface area contributed by atoms with Gasteiger partial charge in [-0.05, 0) is 12.8 Å². The lowest BCUT2D eigenvalue weighted by atomic mass is 9.96. The molecule has 0 saturated carbocycles. The maximum Gasteiger partial charge on any atom is 0.357 e. The molecule has 13 heavy (non-hydrogen) atoms. The zero-order chi connectivity index (χ0) is 10.1. The van der Waals surface area contributed by atoms with E-state index in [1.54, 1.807) is 0 Å². The summed E-state index contributed by atoms with van der Waals surface area (Å²) < 4.78 is 9.91. The molecule has 3 nitrogen and oxygen atoms in total. The second-order valence-corrected chi connectivity index (χ2v) is 3.82. The van der Waals surface area contributed by atoms with Crippen molar-refractivity contribution < 1.29 is 14.3 Å². The molecule has 0 bridgehead atoms. The Labute approximate surface area is 83.3 Å². The molecule has 2 unspecified atom stereocenters. The van der Waals surface area contributed by atoms with Crippen molar-refractivity contribution in [1.29, 1.82) is 0 Å². The van der Waals surface area contributed by atoms with E-state index in [1.165, 1.54) is 7.11 Å². The molecule has 0 spiro atoms. The van der Waals surface area contributed by atoms with Gasteiger partial charge in [0.15, 0.2) is 0 Å². The van der Waals surface area contributed by atoms with Crippen molar-refractivity contribution in [2.24, 2.45) is 0 Å². The van der Waals surface area contributed by atoms with Crippen LogP contribution < -0.4 is 0 Å². The van der Waals surface area contributed by atoms with Gasteiger partial charge in [-0.25, -0.2) is 4.79 Å².